The first-order valence-electron chi connectivity index (χ1n) is 6.53. The normalized spacial score (nSPS) is 11.2. The van der Waals surface area contributed by atoms with Crippen molar-refractivity contribution in [3.63, 3.8) is 0 Å². The molecule has 0 unspecified atom stereocenters. The van der Waals surface area contributed by atoms with Crippen molar-refractivity contribution in [3.8, 4) is 0 Å². The number of hydrogen-bond acceptors (Lipinski definition) is 3. The number of rotatable bonds is 5. The molecule has 112 valence electrons. The molecule has 0 bridgehead atoms. The first-order valence-corrected chi connectivity index (χ1v) is 8.56. The summed E-state index contributed by atoms with van der Waals surface area (Å²) in [6.07, 6.45) is 0. The first-order chi connectivity index (χ1) is 9.89. The summed E-state index contributed by atoms with van der Waals surface area (Å²) in [6, 6.07) is 12.7. The van der Waals surface area contributed by atoms with Gasteiger partial charge in [0, 0.05) is 22.1 Å². The van der Waals surface area contributed by atoms with E-state index in [9.17, 15) is 8.42 Å². The van der Waals surface area contributed by atoms with E-state index in [1.54, 1.807) is 19.1 Å². The maximum Gasteiger partial charge on any atom is 0.232 e. The van der Waals surface area contributed by atoms with Crippen LogP contribution in [0.2, 0.25) is 5.02 Å². The van der Waals surface area contributed by atoms with Gasteiger partial charge in [0.1, 0.15) is 0 Å². The molecular formula is C15H17ClN2O2S. The zero-order valence-corrected chi connectivity index (χ0v) is 13.4. The quantitative estimate of drug-likeness (QED) is 0.868. The summed E-state index contributed by atoms with van der Waals surface area (Å²) >= 11 is 5.98. The minimum Gasteiger partial charge on any atom is -0.355 e. The van der Waals surface area contributed by atoms with Crippen molar-refractivity contribution in [1.29, 1.82) is 0 Å². The van der Waals surface area contributed by atoms with E-state index in [0.717, 1.165) is 16.9 Å². The lowest BCUT2D eigenvalue weighted by Crippen LogP contribution is -2.14. The molecule has 2 aromatic rings. The SMILES string of the molecule is CCS(=O)(=O)Nc1ccc(Nc2cc(Cl)ccc2C)cc1. The molecule has 0 aliphatic heterocycles. The van der Waals surface area contributed by atoms with Crippen LogP contribution < -0.4 is 10.0 Å². The zero-order valence-electron chi connectivity index (χ0n) is 11.9. The standard InChI is InChI=1S/C15H17ClN2O2S/c1-3-21(19,20)18-14-8-6-13(7-9-14)17-15-10-12(16)5-4-11(15)2/h4-10,17-18H,3H2,1-2H3. The molecule has 0 aromatic heterocycles. The van der Waals surface area contributed by atoms with Crippen LogP contribution in [0, 0.1) is 6.92 Å². The van der Waals surface area contributed by atoms with Crippen LogP contribution in [0.25, 0.3) is 0 Å². The van der Waals surface area contributed by atoms with Gasteiger partial charge in [0.25, 0.3) is 0 Å². The first kappa shape index (κ1) is 15.7. The van der Waals surface area contributed by atoms with Crippen LogP contribution >= 0.6 is 11.6 Å². The molecule has 0 aliphatic carbocycles. The summed E-state index contributed by atoms with van der Waals surface area (Å²) in [5.74, 6) is 0.0503. The van der Waals surface area contributed by atoms with Crippen LogP contribution in [0.1, 0.15) is 12.5 Å². The largest absolute Gasteiger partial charge is 0.355 e. The third kappa shape index (κ3) is 4.37. The molecule has 0 amide bonds. The van der Waals surface area contributed by atoms with Gasteiger partial charge in [-0.05, 0) is 55.8 Å². The summed E-state index contributed by atoms with van der Waals surface area (Å²) in [4.78, 5) is 0. The predicted octanol–water partition coefficient (Wildman–Crippen LogP) is 4.15. The van der Waals surface area contributed by atoms with Gasteiger partial charge < -0.3 is 5.32 Å². The fourth-order valence-corrected chi connectivity index (χ4v) is 2.57. The van der Waals surface area contributed by atoms with Crippen molar-refractivity contribution in [3.05, 3.63) is 53.1 Å². The Balaban J connectivity index is 2.14. The molecule has 0 fully saturated rings. The Morgan fingerprint density at radius 2 is 1.67 bits per heavy atom. The van der Waals surface area contributed by atoms with Gasteiger partial charge in [-0.1, -0.05) is 17.7 Å². The van der Waals surface area contributed by atoms with Crippen LogP contribution in [-0.2, 0) is 10.0 Å². The van der Waals surface area contributed by atoms with Gasteiger partial charge in [-0.3, -0.25) is 4.72 Å². The molecule has 21 heavy (non-hydrogen) atoms. The van der Waals surface area contributed by atoms with E-state index in [1.165, 1.54) is 0 Å². The lowest BCUT2D eigenvalue weighted by molar-refractivity contribution is 0.602. The van der Waals surface area contributed by atoms with Crippen molar-refractivity contribution in [2.24, 2.45) is 0 Å². The number of sulfonamides is 1. The highest BCUT2D eigenvalue weighted by Gasteiger charge is 2.06. The second-order valence-corrected chi connectivity index (χ2v) is 7.11. The van der Waals surface area contributed by atoms with Crippen molar-refractivity contribution in [1.82, 2.24) is 0 Å². The van der Waals surface area contributed by atoms with Crippen LogP contribution in [0.3, 0.4) is 0 Å². The van der Waals surface area contributed by atoms with Crippen molar-refractivity contribution < 1.29 is 8.42 Å². The summed E-state index contributed by atoms with van der Waals surface area (Å²) in [5.41, 5.74) is 3.41. The molecule has 0 aliphatic rings. The van der Waals surface area contributed by atoms with Crippen LogP contribution in [0.15, 0.2) is 42.5 Å². The van der Waals surface area contributed by atoms with Gasteiger partial charge in [-0.15, -0.1) is 0 Å². The predicted molar refractivity (Wildman–Crippen MR) is 89.0 cm³/mol. The smallest absolute Gasteiger partial charge is 0.232 e. The second-order valence-electron chi connectivity index (χ2n) is 4.67. The Labute approximate surface area is 130 Å². The number of aryl methyl sites for hydroxylation is 1. The fourth-order valence-electron chi connectivity index (χ4n) is 1.76. The summed E-state index contributed by atoms with van der Waals surface area (Å²) in [7, 11) is -3.24. The van der Waals surface area contributed by atoms with Gasteiger partial charge in [-0.25, -0.2) is 8.42 Å². The van der Waals surface area contributed by atoms with Crippen molar-refractivity contribution in [2.45, 2.75) is 13.8 Å². The molecule has 2 aromatic carbocycles. The number of anilines is 3. The highest BCUT2D eigenvalue weighted by molar-refractivity contribution is 7.92. The van der Waals surface area contributed by atoms with E-state index in [0.29, 0.717) is 10.7 Å². The van der Waals surface area contributed by atoms with Gasteiger partial charge in [-0.2, -0.15) is 0 Å². The zero-order chi connectivity index (χ0) is 15.5. The molecule has 2 N–H and O–H groups in total. The number of halogens is 1. The molecule has 0 radical (unpaired) electrons. The van der Waals surface area contributed by atoms with Gasteiger partial charge in [0.05, 0.1) is 5.75 Å². The summed E-state index contributed by atoms with van der Waals surface area (Å²) in [5, 5.41) is 3.92. The fraction of sp³-hybridized carbons (Fsp3) is 0.200. The van der Waals surface area contributed by atoms with E-state index in [1.807, 2.05) is 37.3 Å². The maximum atomic E-state index is 11.5. The summed E-state index contributed by atoms with van der Waals surface area (Å²) < 4.78 is 25.5. The van der Waals surface area contributed by atoms with E-state index < -0.39 is 10.0 Å². The molecule has 0 heterocycles. The summed E-state index contributed by atoms with van der Waals surface area (Å²) in [6.45, 7) is 3.59. The Hall–Kier alpha value is -1.72. The second kappa shape index (κ2) is 6.37. The van der Waals surface area contributed by atoms with Crippen molar-refractivity contribution in [2.75, 3.05) is 15.8 Å². The Kier molecular flexibility index (Phi) is 4.75. The third-order valence-electron chi connectivity index (χ3n) is 3.02. The molecule has 6 heteroatoms. The van der Waals surface area contributed by atoms with Crippen LogP contribution in [0.4, 0.5) is 17.1 Å². The minimum absolute atomic E-state index is 0.0503. The Morgan fingerprint density at radius 3 is 2.29 bits per heavy atom. The average molecular weight is 325 g/mol. The van der Waals surface area contributed by atoms with E-state index >= 15 is 0 Å². The Morgan fingerprint density at radius 1 is 1.05 bits per heavy atom. The number of benzene rings is 2. The van der Waals surface area contributed by atoms with E-state index in [2.05, 4.69) is 10.0 Å². The highest BCUT2D eigenvalue weighted by Crippen LogP contribution is 2.25. The highest BCUT2D eigenvalue weighted by atomic mass is 35.5. The van der Waals surface area contributed by atoms with Gasteiger partial charge in [0.15, 0.2) is 0 Å². The Bertz CT molecular complexity index is 728. The topological polar surface area (TPSA) is 58.2 Å². The van der Waals surface area contributed by atoms with Crippen molar-refractivity contribution >= 4 is 38.7 Å². The monoisotopic (exact) mass is 324 g/mol. The molecule has 4 nitrogen and oxygen atoms in total. The molecule has 0 saturated heterocycles. The number of hydrogen-bond donors (Lipinski definition) is 2. The van der Waals surface area contributed by atoms with Gasteiger partial charge >= 0.3 is 0 Å². The molecular weight excluding hydrogens is 308 g/mol. The molecule has 2 rings (SSSR count). The third-order valence-corrected chi connectivity index (χ3v) is 4.56. The van der Waals surface area contributed by atoms with E-state index in [4.69, 9.17) is 11.6 Å². The van der Waals surface area contributed by atoms with E-state index in [-0.39, 0.29) is 5.75 Å². The lowest BCUT2D eigenvalue weighted by Gasteiger charge is -2.11. The van der Waals surface area contributed by atoms with Gasteiger partial charge in [0.2, 0.25) is 10.0 Å². The maximum absolute atomic E-state index is 11.5. The van der Waals surface area contributed by atoms with Crippen LogP contribution in [0.5, 0.6) is 0 Å². The molecule has 0 saturated carbocycles. The molecule has 0 spiro atoms. The van der Waals surface area contributed by atoms with Crippen LogP contribution in [-0.4, -0.2) is 14.2 Å². The minimum atomic E-state index is -3.24. The average Bonchev–Trinajstić information content (AvgIpc) is 2.45. The molecule has 0 atom stereocenters. The number of nitrogens with one attached hydrogen (secondary N) is 2. The lowest BCUT2D eigenvalue weighted by atomic mass is 10.2.